The van der Waals surface area contributed by atoms with Crippen LogP contribution in [0.15, 0.2) is 24.3 Å². The maximum atomic E-state index is 13.4. The Morgan fingerprint density at radius 3 is 2.83 bits per heavy atom. The van der Waals surface area contributed by atoms with E-state index in [1.807, 2.05) is 0 Å². The van der Waals surface area contributed by atoms with Crippen molar-refractivity contribution in [3.63, 3.8) is 0 Å². The number of carbonyl (C=O) groups is 2. The number of imidazole rings is 1. The van der Waals surface area contributed by atoms with Gasteiger partial charge in [-0.3, -0.25) is 14.2 Å². The summed E-state index contributed by atoms with van der Waals surface area (Å²) in [6.45, 7) is -1.17. The van der Waals surface area contributed by atoms with Crippen molar-refractivity contribution in [3.05, 3.63) is 30.1 Å². The molecule has 0 bridgehead atoms. The number of halogens is 2. The highest BCUT2D eigenvalue weighted by molar-refractivity contribution is 5.91. The van der Waals surface area contributed by atoms with E-state index >= 15 is 0 Å². The summed E-state index contributed by atoms with van der Waals surface area (Å²) in [6, 6.07) is 5.25. The van der Waals surface area contributed by atoms with Gasteiger partial charge in [-0.25, -0.2) is 4.98 Å². The Balaban J connectivity index is 1.85. The van der Waals surface area contributed by atoms with Gasteiger partial charge in [-0.2, -0.15) is 8.78 Å². The molecule has 2 heterocycles. The van der Waals surface area contributed by atoms with Crippen LogP contribution in [0, 0.1) is 0 Å². The van der Waals surface area contributed by atoms with E-state index in [1.54, 1.807) is 31.2 Å². The molecule has 23 heavy (non-hydrogen) atoms. The van der Waals surface area contributed by atoms with Crippen LogP contribution in [-0.2, 0) is 9.59 Å². The monoisotopic (exact) mass is 322 g/mol. The number of alkyl halides is 2. The fourth-order valence-electron chi connectivity index (χ4n) is 2.76. The first-order valence-corrected chi connectivity index (χ1v) is 7.32. The summed E-state index contributed by atoms with van der Waals surface area (Å²) in [4.78, 5) is 27.5. The van der Waals surface area contributed by atoms with Crippen LogP contribution in [0.3, 0.4) is 0 Å². The Morgan fingerprint density at radius 1 is 1.43 bits per heavy atom. The number of hydrogen-bond donors (Lipinski definition) is 2. The lowest BCUT2D eigenvalue weighted by atomic mass is 10.2. The van der Waals surface area contributed by atoms with Crippen LogP contribution < -0.4 is 10.6 Å². The molecule has 1 saturated heterocycles. The molecule has 2 amide bonds. The quantitative estimate of drug-likeness (QED) is 0.902. The first-order chi connectivity index (χ1) is 11.0. The van der Waals surface area contributed by atoms with Crippen LogP contribution in [0.5, 0.6) is 0 Å². The number of nitrogens with one attached hydrogen (secondary N) is 2. The maximum absolute atomic E-state index is 13.4. The Bertz CT molecular complexity index is 759. The minimum Gasteiger partial charge on any atom is -0.345 e. The number of fused-ring (bicyclic) bond motifs is 1. The van der Waals surface area contributed by atoms with E-state index in [0.29, 0.717) is 23.9 Å². The number of aromatic nitrogens is 2. The van der Waals surface area contributed by atoms with Crippen LogP contribution >= 0.6 is 0 Å². The molecule has 1 fully saturated rings. The minimum atomic E-state index is -2.76. The Kier molecular flexibility index (Phi) is 3.97. The van der Waals surface area contributed by atoms with Gasteiger partial charge in [0.25, 0.3) is 0 Å². The molecule has 3 rings (SSSR count). The normalized spacial score (nSPS) is 19.1. The first-order valence-electron chi connectivity index (χ1n) is 7.32. The molecule has 2 atom stereocenters. The van der Waals surface area contributed by atoms with Gasteiger partial charge in [-0.05, 0) is 25.5 Å². The zero-order valence-electron chi connectivity index (χ0n) is 12.4. The van der Waals surface area contributed by atoms with E-state index in [-0.39, 0.29) is 11.7 Å². The second-order valence-electron chi connectivity index (χ2n) is 5.50. The average molecular weight is 322 g/mol. The van der Waals surface area contributed by atoms with Gasteiger partial charge in [0.1, 0.15) is 11.9 Å². The molecule has 1 aromatic carbocycles. The van der Waals surface area contributed by atoms with Crippen LogP contribution in [-0.4, -0.2) is 27.4 Å². The molecule has 2 N–H and O–H groups in total. The molecule has 1 aromatic heterocycles. The van der Waals surface area contributed by atoms with Crippen molar-refractivity contribution in [2.75, 3.05) is 0 Å². The number of para-hydroxylation sites is 2. The second kappa shape index (κ2) is 5.94. The van der Waals surface area contributed by atoms with Crippen molar-refractivity contribution in [1.82, 2.24) is 20.2 Å². The summed E-state index contributed by atoms with van der Waals surface area (Å²) in [5, 5.41) is 5.19. The molecule has 6 nitrogen and oxygen atoms in total. The van der Waals surface area contributed by atoms with Gasteiger partial charge in [0.2, 0.25) is 11.8 Å². The van der Waals surface area contributed by atoms with Gasteiger partial charge in [-0.15, -0.1) is 0 Å². The van der Waals surface area contributed by atoms with E-state index in [2.05, 4.69) is 15.6 Å². The third-order valence-electron chi connectivity index (χ3n) is 3.88. The first kappa shape index (κ1) is 15.4. The highest BCUT2D eigenvalue weighted by Crippen LogP contribution is 2.26. The van der Waals surface area contributed by atoms with Crippen molar-refractivity contribution in [2.45, 2.75) is 38.4 Å². The topological polar surface area (TPSA) is 76.0 Å². The molecule has 0 aliphatic carbocycles. The lowest BCUT2D eigenvalue weighted by Gasteiger charge is -2.18. The smallest absolute Gasteiger partial charge is 0.320 e. The largest absolute Gasteiger partial charge is 0.345 e. The van der Waals surface area contributed by atoms with Gasteiger partial charge < -0.3 is 10.6 Å². The number of benzene rings is 1. The van der Waals surface area contributed by atoms with Crippen molar-refractivity contribution in [1.29, 1.82) is 0 Å². The van der Waals surface area contributed by atoms with E-state index in [0.717, 1.165) is 4.57 Å². The predicted molar refractivity (Wildman–Crippen MR) is 78.7 cm³/mol. The van der Waals surface area contributed by atoms with Crippen LogP contribution in [0.4, 0.5) is 8.78 Å². The van der Waals surface area contributed by atoms with E-state index < -0.39 is 24.5 Å². The van der Waals surface area contributed by atoms with Crippen molar-refractivity contribution in [3.8, 4) is 0 Å². The second-order valence-corrected chi connectivity index (χ2v) is 5.50. The highest BCUT2D eigenvalue weighted by atomic mass is 19.3. The Hall–Kier alpha value is -2.51. The SMILES string of the molecule is CC(NC(=O)[C@H]1CCC(=O)N1)c1nc2ccccc2n1C(F)F. The van der Waals surface area contributed by atoms with Crippen molar-refractivity contribution in [2.24, 2.45) is 0 Å². The predicted octanol–water partition coefficient (Wildman–Crippen LogP) is 1.89. The number of carbonyl (C=O) groups excluding carboxylic acids is 2. The lowest BCUT2D eigenvalue weighted by molar-refractivity contribution is -0.126. The van der Waals surface area contributed by atoms with E-state index in [9.17, 15) is 18.4 Å². The molecule has 0 saturated carbocycles. The third-order valence-corrected chi connectivity index (χ3v) is 3.88. The zero-order valence-corrected chi connectivity index (χ0v) is 12.4. The van der Waals surface area contributed by atoms with E-state index in [1.165, 1.54) is 0 Å². The molecule has 0 spiro atoms. The summed E-state index contributed by atoms with van der Waals surface area (Å²) in [5.41, 5.74) is 0.755. The third kappa shape index (κ3) is 2.88. The molecule has 2 aromatic rings. The lowest BCUT2D eigenvalue weighted by Crippen LogP contribution is -2.43. The molecule has 8 heteroatoms. The van der Waals surface area contributed by atoms with Crippen molar-refractivity contribution >= 4 is 22.8 Å². The minimum absolute atomic E-state index is 0.0823. The molecule has 0 radical (unpaired) electrons. The summed E-state index contributed by atoms with van der Waals surface area (Å²) < 4.78 is 27.6. The molecule has 1 unspecified atom stereocenters. The highest BCUT2D eigenvalue weighted by Gasteiger charge is 2.29. The zero-order chi connectivity index (χ0) is 16.6. The summed E-state index contributed by atoms with van der Waals surface area (Å²) in [5.74, 6) is -0.493. The summed E-state index contributed by atoms with van der Waals surface area (Å²) in [7, 11) is 0. The van der Waals surface area contributed by atoms with Crippen LogP contribution in [0.25, 0.3) is 11.0 Å². The Morgan fingerprint density at radius 2 is 2.17 bits per heavy atom. The van der Waals surface area contributed by atoms with Gasteiger partial charge in [0.05, 0.1) is 17.1 Å². The maximum Gasteiger partial charge on any atom is 0.320 e. The van der Waals surface area contributed by atoms with Gasteiger partial charge in [0, 0.05) is 6.42 Å². The van der Waals surface area contributed by atoms with Crippen LogP contribution in [0.1, 0.15) is 38.2 Å². The van der Waals surface area contributed by atoms with E-state index in [4.69, 9.17) is 0 Å². The summed E-state index contributed by atoms with van der Waals surface area (Å²) >= 11 is 0. The average Bonchev–Trinajstić information content (AvgIpc) is 3.10. The summed E-state index contributed by atoms with van der Waals surface area (Å²) in [6.07, 6.45) is 0.699. The number of hydrogen-bond acceptors (Lipinski definition) is 3. The van der Waals surface area contributed by atoms with Gasteiger partial charge >= 0.3 is 6.55 Å². The number of nitrogens with zero attached hydrogens (tertiary/aromatic N) is 2. The standard InChI is InChI=1S/C15H16F2N4O2/c1-8(18-14(23)10-6-7-12(22)19-10)13-20-9-4-2-3-5-11(9)21(13)15(16)17/h2-5,8,10,15H,6-7H2,1H3,(H,18,23)(H,19,22)/t8?,10-/m1/s1. The number of amides is 2. The van der Waals surface area contributed by atoms with Gasteiger partial charge in [-0.1, -0.05) is 12.1 Å². The number of rotatable bonds is 4. The molecule has 1 aliphatic rings. The molecular formula is C15H16F2N4O2. The molecule has 1 aliphatic heterocycles. The molecule has 122 valence electrons. The van der Waals surface area contributed by atoms with Crippen molar-refractivity contribution < 1.29 is 18.4 Å². The fraction of sp³-hybridized carbons (Fsp3) is 0.400. The van der Waals surface area contributed by atoms with Crippen LogP contribution in [0.2, 0.25) is 0 Å². The van der Waals surface area contributed by atoms with Gasteiger partial charge in [0.15, 0.2) is 0 Å². The fourth-order valence-corrected chi connectivity index (χ4v) is 2.76. The Labute approximate surface area is 130 Å². The molecular weight excluding hydrogens is 306 g/mol.